The molecule has 0 aromatic carbocycles. The molecule has 0 saturated carbocycles. The number of hydrogen-bond donors (Lipinski definition) is 2. The van der Waals surface area contributed by atoms with E-state index in [2.05, 4.69) is 25.3 Å². The van der Waals surface area contributed by atoms with Gasteiger partial charge in [-0.15, -0.1) is 0 Å². The van der Waals surface area contributed by atoms with E-state index in [1.165, 1.54) is 6.33 Å². The second-order valence-corrected chi connectivity index (χ2v) is 5.26. The summed E-state index contributed by atoms with van der Waals surface area (Å²) in [6, 6.07) is 0. The van der Waals surface area contributed by atoms with Crippen LogP contribution in [0, 0.1) is 5.92 Å². The van der Waals surface area contributed by atoms with Gasteiger partial charge < -0.3 is 16.0 Å². The van der Waals surface area contributed by atoms with Gasteiger partial charge in [-0.05, 0) is 18.8 Å². The van der Waals surface area contributed by atoms with Crippen molar-refractivity contribution in [1.82, 2.24) is 25.0 Å². The summed E-state index contributed by atoms with van der Waals surface area (Å²) in [5, 5.41) is 7.38. The van der Waals surface area contributed by atoms with Gasteiger partial charge in [0.15, 0.2) is 5.96 Å². The second kappa shape index (κ2) is 7.61. The van der Waals surface area contributed by atoms with E-state index >= 15 is 0 Å². The van der Waals surface area contributed by atoms with Gasteiger partial charge in [0, 0.05) is 33.1 Å². The predicted octanol–water partition coefficient (Wildman–Crippen LogP) is -0.559. The summed E-state index contributed by atoms with van der Waals surface area (Å²) in [6.45, 7) is 3.24. The molecule has 2 rings (SSSR count). The first-order valence-corrected chi connectivity index (χ1v) is 7.25. The lowest BCUT2D eigenvalue weighted by Gasteiger charge is -2.34. The molecule has 1 saturated heterocycles. The number of primary amides is 1. The third-order valence-corrected chi connectivity index (χ3v) is 3.61. The first-order valence-electron chi connectivity index (χ1n) is 7.25. The van der Waals surface area contributed by atoms with Gasteiger partial charge >= 0.3 is 0 Å². The van der Waals surface area contributed by atoms with Gasteiger partial charge in [-0.3, -0.25) is 14.5 Å². The van der Waals surface area contributed by atoms with Crippen LogP contribution in [-0.2, 0) is 11.3 Å². The molecule has 21 heavy (non-hydrogen) atoms. The molecule has 1 atom stereocenters. The topological polar surface area (TPSA) is 101 Å². The maximum absolute atomic E-state index is 11.1. The average Bonchev–Trinajstić information content (AvgIpc) is 2.96. The van der Waals surface area contributed by atoms with Gasteiger partial charge in [0.25, 0.3) is 0 Å². The number of aliphatic imine (C=N–C) groups is 1. The van der Waals surface area contributed by atoms with Crippen molar-refractivity contribution < 1.29 is 4.79 Å². The molecule has 1 aliphatic rings. The number of rotatable bonds is 5. The zero-order chi connectivity index (χ0) is 15.1. The zero-order valence-electron chi connectivity index (χ0n) is 12.4. The highest BCUT2D eigenvalue weighted by atomic mass is 16.1. The standard InChI is InChI=1S/C13H23N7O/c1-15-13(17-4-6-20-10-16-9-18-20)19-5-2-3-11(8-19)7-12(14)21/h9-11H,2-8H2,1H3,(H2,14,21)(H,15,17). The summed E-state index contributed by atoms with van der Waals surface area (Å²) >= 11 is 0. The third kappa shape index (κ3) is 4.73. The number of guanidine groups is 1. The molecular formula is C13H23N7O. The summed E-state index contributed by atoms with van der Waals surface area (Å²) in [5.74, 6) is 0.963. The molecule has 1 amide bonds. The van der Waals surface area contributed by atoms with Gasteiger partial charge in [-0.2, -0.15) is 5.10 Å². The fourth-order valence-corrected chi connectivity index (χ4v) is 2.67. The number of piperidine rings is 1. The van der Waals surface area contributed by atoms with Gasteiger partial charge in [-0.25, -0.2) is 4.98 Å². The van der Waals surface area contributed by atoms with Crippen LogP contribution in [0.3, 0.4) is 0 Å². The Morgan fingerprint density at radius 3 is 3.10 bits per heavy atom. The van der Waals surface area contributed by atoms with Crippen molar-refractivity contribution in [3.63, 3.8) is 0 Å². The van der Waals surface area contributed by atoms with E-state index in [9.17, 15) is 4.79 Å². The van der Waals surface area contributed by atoms with E-state index in [1.807, 2.05) is 0 Å². The van der Waals surface area contributed by atoms with Gasteiger partial charge in [0.05, 0.1) is 6.54 Å². The normalized spacial score (nSPS) is 19.6. The molecular weight excluding hydrogens is 270 g/mol. The summed E-state index contributed by atoms with van der Waals surface area (Å²) in [6.07, 6.45) is 5.77. The molecule has 0 spiro atoms. The van der Waals surface area contributed by atoms with Crippen molar-refractivity contribution in [2.45, 2.75) is 25.8 Å². The van der Waals surface area contributed by atoms with Crippen molar-refractivity contribution in [2.24, 2.45) is 16.6 Å². The van der Waals surface area contributed by atoms with E-state index < -0.39 is 0 Å². The number of nitrogens with one attached hydrogen (secondary N) is 1. The minimum atomic E-state index is -0.226. The van der Waals surface area contributed by atoms with Crippen LogP contribution in [0.15, 0.2) is 17.6 Å². The van der Waals surface area contributed by atoms with E-state index in [0.717, 1.165) is 45.0 Å². The summed E-state index contributed by atoms with van der Waals surface area (Å²) in [7, 11) is 1.77. The summed E-state index contributed by atoms with van der Waals surface area (Å²) in [5.41, 5.74) is 5.29. The molecule has 1 aliphatic heterocycles. The Balaban J connectivity index is 1.81. The maximum Gasteiger partial charge on any atom is 0.217 e. The van der Waals surface area contributed by atoms with Gasteiger partial charge in [0.1, 0.15) is 12.7 Å². The number of nitrogens with two attached hydrogens (primary N) is 1. The fourth-order valence-electron chi connectivity index (χ4n) is 2.67. The van der Waals surface area contributed by atoms with Crippen LogP contribution in [0.5, 0.6) is 0 Å². The average molecular weight is 293 g/mol. The summed E-state index contributed by atoms with van der Waals surface area (Å²) < 4.78 is 1.77. The predicted molar refractivity (Wildman–Crippen MR) is 79.5 cm³/mol. The van der Waals surface area contributed by atoms with Crippen molar-refractivity contribution in [1.29, 1.82) is 0 Å². The lowest BCUT2D eigenvalue weighted by Crippen LogP contribution is -2.47. The first kappa shape index (κ1) is 15.3. The molecule has 1 unspecified atom stereocenters. The Morgan fingerprint density at radius 1 is 1.57 bits per heavy atom. The fraction of sp³-hybridized carbons (Fsp3) is 0.692. The maximum atomic E-state index is 11.1. The van der Waals surface area contributed by atoms with Gasteiger partial charge in [0.2, 0.25) is 5.91 Å². The number of aromatic nitrogens is 3. The molecule has 0 aliphatic carbocycles. The van der Waals surface area contributed by atoms with Crippen LogP contribution in [-0.4, -0.2) is 58.2 Å². The highest BCUT2D eigenvalue weighted by Crippen LogP contribution is 2.19. The summed E-state index contributed by atoms with van der Waals surface area (Å²) in [4.78, 5) is 21.5. The lowest BCUT2D eigenvalue weighted by molar-refractivity contribution is -0.119. The molecule has 2 heterocycles. The van der Waals surface area contributed by atoms with Crippen LogP contribution in [0.2, 0.25) is 0 Å². The molecule has 116 valence electrons. The first-order chi connectivity index (χ1) is 10.2. The van der Waals surface area contributed by atoms with E-state index in [0.29, 0.717) is 12.3 Å². The number of hydrogen-bond acceptors (Lipinski definition) is 4. The van der Waals surface area contributed by atoms with Crippen LogP contribution in [0.4, 0.5) is 0 Å². The molecule has 8 heteroatoms. The Hall–Kier alpha value is -2.12. The Bertz CT molecular complexity index is 471. The van der Waals surface area contributed by atoms with E-state index in [4.69, 9.17) is 5.73 Å². The molecule has 3 N–H and O–H groups in total. The molecule has 8 nitrogen and oxygen atoms in total. The second-order valence-electron chi connectivity index (χ2n) is 5.26. The van der Waals surface area contributed by atoms with Crippen LogP contribution < -0.4 is 11.1 Å². The minimum absolute atomic E-state index is 0.226. The van der Waals surface area contributed by atoms with Crippen LogP contribution >= 0.6 is 0 Å². The van der Waals surface area contributed by atoms with Crippen molar-refractivity contribution in [3.05, 3.63) is 12.7 Å². The number of carbonyl (C=O) groups excluding carboxylic acids is 1. The monoisotopic (exact) mass is 293 g/mol. The Morgan fingerprint density at radius 2 is 2.43 bits per heavy atom. The lowest BCUT2D eigenvalue weighted by atomic mass is 9.95. The highest BCUT2D eigenvalue weighted by molar-refractivity contribution is 5.80. The zero-order valence-corrected chi connectivity index (χ0v) is 12.4. The molecule has 0 bridgehead atoms. The van der Waals surface area contributed by atoms with Crippen molar-refractivity contribution in [2.75, 3.05) is 26.7 Å². The van der Waals surface area contributed by atoms with E-state index in [1.54, 1.807) is 18.1 Å². The SMILES string of the molecule is CN=C(NCCn1cncn1)N1CCCC(CC(N)=O)C1. The molecule has 0 radical (unpaired) electrons. The van der Waals surface area contributed by atoms with Crippen LogP contribution in [0.25, 0.3) is 0 Å². The number of carbonyl (C=O) groups is 1. The quantitative estimate of drug-likeness (QED) is 0.560. The number of amides is 1. The third-order valence-electron chi connectivity index (χ3n) is 3.61. The molecule has 1 aromatic heterocycles. The molecule has 1 fully saturated rings. The largest absolute Gasteiger partial charge is 0.370 e. The highest BCUT2D eigenvalue weighted by Gasteiger charge is 2.23. The number of likely N-dealkylation sites (tertiary alicyclic amines) is 1. The van der Waals surface area contributed by atoms with Crippen molar-refractivity contribution >= 4 is 11.9 Å². The van der Waals surface area contributed by atoms with Crippen LogP contribution in [0.1, 0.15) is 19.3 Å². The Kier molecular flexibility index (Phi) is 5.53. The Labute approximate surface area is 124 Å². The smallest absolute Gasteiger partial charge is 0.217 e. The van der Waals surface area contributed by atoms with Crippen molar-refractivity contribution in [3.8, 4) is 0 Å². The van der Waals surface area contributed by atoms with E-state index in [-0.39, 0.29) is 5.91 Å². The van der Waals surface area contributed by atoms with Gasteiger partial charge in [-0.1, -0.05) is 0 Å². The minimum Gasteiger partial charge on any atom is -0.370 e. The molecule has 1 aromatic rings. The number of nitrogens with zero attached hydrogens (tertiary/aromatic N) is 5.